The van der Waals surface area contributed by atoms with Crippen LogP contribution in [0.3, 0.4) is 0 Å². The molecule has 3 N–H and O–H groups in total. The smallest absolute Gasteiger partial charge is 0.0582 e. The zero-order valence-corrected chi connectivity index (χ0v) is 7.18. The van der Waals surface area contributed by atoms with Crippen LogP contribution in [0.4, 0.5) is 0 Å². The fraction of sp³-hybridized carbons (Fsp3) is 0.500. The summed E-state index contributed by atoms with van der Waals surface area (Å²) in [6, 6.07) is 2.03. The highest BCUT2D eigenvalue weighted by Gasteiger charge is 2.00. The second-order valence-electron chi connectivity index (χ2n) is 2.61. The third kappa shape index (κ3) is 3.01. The standard InChI is InChI=1S/C8H13NOS/c9-8(5-10)2-1-7-3-4-11-6-7/h3-4,6,8,10H,1-2,5,9H2. The van der Waals surface area contributed by atoms with Crippen LogP contribution < -0.4 is 5.73 Å². The molecule has 0 aliphatic rings. The van der Waals surface area contributed by atoms with Crippen LogP contribution in [0.15, 0.2) is 16.8 Å². The molecule has 2 nitrogen and oxygen atoms in total. The zero-order valence-electron chi connectivity index (χ0n) is 6.36. The fourth-order valence-corrected chi connectivity index (χ4v) is 1.58. The topological polar surface area (TPSA) is 46.2 Å². The van der Waals surface area contributed by atoms with Crippen LogP contribution in [0.2, 0.25) is 0 Å². The molecular weight excluding hydrogens is 158 g/mol. The predicted octanol–water partition coefficient (Wildman–Crippen LogP) is 1.00. The quantitative estimate of drug-likeness (QED) is 0.710. The number of aliphatic hydroxyl groups is 1. The van der Waals surface area contributed by atoms with Crippen molar-refractivity contribution in [3.8, 4) is 0 Å². The van der Waals surface area contributed by atoms with Crippen molar-refractivity contribution in [3.05, 3.63) is 22.4 Å². The number of thiophene rings is 1. The molecule has 0 saturated carbocycles. The van der Waals surface area contributed by atoms with Crippen LogP contribution in [0.5, 0.6) is 0 Å². The third-order valence-corrected chi connectivity index (χ3v) is 2.35. The Labute approximate surface area is 70.7 Å². The molecule has 0 aliphatic heterocycles. The van der Waals surface area contributed by atoms with E-state index >= 15 is 0 Å². The Morgan fingerprint density at radius 1 is 1.64 bits per heavy atom. The molecule has 0 saturated heterocycles. The summed E-state index contributed by atoms with van der Waals surface area (Å²) in [5.41, 5.74) is 6.86. The third-order valence-electron chi connectivity index (χ3n) is 1.62. The van der Waals surface area contributed by atoms with E-state index in [4.69, 9.17) is 10.8 Å². The molecule has 1 unspecified atom stereocenters. The maximum absolute atomic E-state index is 8.64. The van der Waals surface area contributed by atoms with E-state index < -0.39 is 0 Å². The molecule has 0 bridgehead atoms. The summed E-state index contributed by atoms with van der Waals surface area (Å²) in [6.07, 6.45) is 1.85. The minimum atomic E-state index is -0.0603. The molecule has 1 aromatic rings. The van der Waals surface area contributed by atoms with Crippen molar-refractivity contribution in [1.82, 2.24) is 0 Å². The highest BCUT2D eigenvalue weighted by molar-refractivity contribution is 7.07. The van der Waals surface area contributed by atoms with Gasteiger partial charge in [0.1, 0.15) is 0 Å². The Morgan fingerprint density at radius 3 is 3.00 bits per heavy atom. The molecule has 0 radical (unpaired) electrons. The van der Waals surface area contributed by atoms with E-state index in [0.29, 0.717) is 0 Å². The van der Waals surface area contributed by atoms with E-state index in [1.165, 1.54) is 5.56 Å². The Bertz CT molecular complexity index is 186. The van der Waals surface area contributed by atoms with Crippen molar-refractivity contribution in [2.75, 3.05) is 6.61 Å². The minimum Gasteiger partial charge on any atom is -0.395 e. The summed E-state index contributed by atoms with van der Waals surface area (Å²) in [6.45, 7) is 0.0874. The SMILES string of the molecule is NC(CO)CCc1ccsc1. The van der Waals surface area contributed by atoms with E-state index in [0.717, 1.165) is 12.8 Å². The lowest BCUT2D eigenvalue weighted by molar-refractivity contribution is 0.260. The van der Waals surface area contributed by atoms with Gasteiger partial charge in [-0.1, -0.05) is 0 Å². The molecule has 0 aliphatic carbocycles. The number of nitrogens with two attached hydrogens (primary N) is 1. The van der Waals surface area contributed by atoms with Gasteiger partial charge in [0.2, 0.25) is 0 Å². The summed E-state index contributed by atoms with van der Waals surface area (Å²) in [5, 5.41) is 12.8. The molecule has 0 aromatic carbocycles. The molecule has 0 spiro atoms. The van der Waals surface area contributed by atoms with Crippen LogP contribution in [-0.2, 0) is 6.42 Å². The normalized spacial score (nSPS) is 13.3. The Hall–Kier alpha value is -0.380. The van der Waals surface area contributed by atoms with Crippen molar-refractivity contribution >= 4 is 11.3 Å². The summed E-state index contributed by atoms with van der Waals surface area (Å²) >= 11 is 1.70. The van der Waals surface area contributed by atoms with Crippen molar-refractivity contribution in [3.63, 3.8) is 0 Å². The maximum Gasteiger partial charge on any atom is 0.0582 e. The first-order valence-corrected chi connectivity index (χ1v) is 4.64. The molecule has 0 amide bonds. The summed E-state index contributed by atoms with van der Waals surface area (Å²) in [7, 11) is 0. The highest BCUT2D eigenvalue weighted by atomic mass is 32.1. The first kappa shape index (κ1) is 8.71. The van der Waals surface area contributed by atoms with Gasteiger partial charge in [-0.2, -0.15) is 11.3 Å². The van der Waals surface area contributed by atoms with Crippen molar-refractivity contribution in [2.24, 2.45) is 5.73 Å². The Kier molecular flexibility index (Phi) is 3.56. The van der Waals surface area contributed by atoms with Gasteiger partial charge < -0.3 is 10.8 Å². The molecule has 1 aromatic heterocycles. The van der Waals surface area contributed by atoms with E-state index in [-0.39, 0.29) is 12.6 Å². The van der Waals surface area contributed by atoms with Crippen molar-refractivity contribution in [1.29, 1.82) is 0 Å². The number of hydrogen-bond donors (Lipinski definition) is 2. The number of aliphatic hydroxyl groups excluding tert-OH is 1. The number of hydrogen-bond acceptors (Lipinski definition) is 3. The summed E-state index contributed by atoms with van der Waals surface area (Å²) < 4.78 is 0. The average molecular weight is 171 g/mol. The highest BCUT2D eigenvalue weighted by Crippen LogP contribution is 2.08. The van der Waals surface area contributed by atoms with Crippen molar-refractivity contribution in [2.45, 2.75) is 18.9 Å². The first-order valence-electron chi connectivity index (χ1n) is 3.70. The fourth-order valence-electron chi connectivity index (χ4n) is 0.878. The Morgan fingerprint density at radius 2 is 2.45 bits per heavy atom. The van der Waals surface area contributed by atoms with Gasteiger partial charge >= 0.3 is 0 Å². The largest absolute Gasteiger partial charge is 0.395 e. The minimum absolute atomic E-state index is 0.0603. The van der Waals surface area contributed by atoms with Gasteiger partial charge in [0.25, 0.3) is 0 Å². The first-order chi connectivity index (χ1) is 5.33. The monoisotopic (exact) mass is 171 g/mol. The van der Waals surface area contributed by atoms with Gasteiger partial charge in [-0.15, -0.1) is 0 Å². The molecule has 1 rings (SSSR count). The van der Waals surface area contributed by atoms with Crippen LogP contribution in [0, 0.1) is 0 Å². The van der Waals surface area contributed by atoms with Crippen LogP contribution in [-0.4, -0.2) is 17.8 Å². The summed E-state index contributed by atoms with van der Waals surface area (Å²) in [4.78, 5) is 0. The van der Waals surface area contributed by atoms with Gasteiger partial charge in [0, 0.05) is 6.04 Å². The van der Waals surface area contributed by atoms with Crippen LogP contribution in [0.25, 0.3) is 0 Å². The molecule has 11 heavy (non-hydrogen) atoms. The lowest BCUT2D eigenvalue weighted by Gasteiger charge is -2.05. The van der Waals surface area contributed by atoms with E-state index in [1.54, 1.807) is 11.3 Å². The zero-order chi connectivity index (χ0) is 8.10. The summed E-state index contributed by atoms with van der Waals surface area (Å²) in [5.74, 6) is 0. The van der Waals surface area contributed by atoms with Crippen LogP contribution in [0.1, 0.15) is 12.0 Å². The molecule has 1 atom stereocenters. The van der Waals surface area contributed by atoms with Crippen molar-refractivity contribution < 1.29 is 5.11 Å². The molecule has 1 heterocycles. The lowest BCUT2D eigenvalue weighted by Crippen LogP contribution is -2.24. The Balaban J connectivity index is 2.23. The molecular formula is C8H13NOS. The second-order valence-corrected chi connectivity index (χ2v) is 3.39. The van der Waals surface area contributed by atoms with Gasteiger partial charge in [-0.3, -0.25) is 0 Å². The molecule has 0 fully saturated rings. The van der Waals surface area contributed by atoms with Gasteiger partial charge in [0.15, 0.2) is 0 Å². The van der Waals surface area contributed by atoms with Gasteiger partial charge in [-0.25, -0.2) is 0 Å². The van der Waals surface area contributed by atoms with Gasteiger partial charge in [0.05, 0.1) is 6.61 Å². The van der Waals surface area contributed by atoms with Crippen LogP contribution >= 0.6 is 11.3 Å². The van der Waals surface area contributed by atoms with E-state index in [1.807, 2.05) is 0 Å². The maximum atomic E-state index is 8.64. The number of rotatable bonds is 4. The number of aryl methyl sites for hydroxylation is 1. The molecule has 3 heteroatoms. The van der Waals surface area contributed by atoms with E-state index in [2.05, 4.69) is 16.8 Å². The predicted molar refractivity (Wildman–Crippen MR) is 47.7 cm³/mol. The van der Waals surface area contributed by atoms with Gasteiger partial charge in [-0.05, 0) is 35.2 Å². The molecule has 62 valence electrons. The lowest BCUT2D eigenvalue weighted by atomic mass is 10.1. The van der Waals surface area contributed by atoms with E-state index in [9.17, 15) is 0 Å². The average Bonchev–Trinajstić information content (AvgIpc) is 2.52. The second kappa shape index (κ2) is 4.49.